The molecule has 3 rings (SSSR count). The Morgan fingerprint density at radius 2 is 2.08 bits per heavy atom. The van der Waals surface area contributed by atoms with Gasteiger partial charge in [-0.25, -0.2) is 4.98 Å². The van der Waals surface area contributed by atoms with Crippen LogP contribution in [0.4, 0.5) is 0 Å². The fourth-order valence-corrected chi connectivity index (χ4v) is 3.14. The number of carbonyl (C=O) groups excluding carboxylic acids is 2. The van der Waals surface area contributed by atoms with Crippen molar-refractivity contribution >= 4 is 11.9 Å². The van der Waals surface area contributed by atoms with Gasteiger partial charge >= 0.3 is 5.97 Å². The molecule has 1 aromatic carbocycles. The van der Waals surface area contributed by atoms with Crippen molar-refractivity contribution in [3.05, 3.63) is 42.4 Å². The predicted octanol–water partition coefficient (Wildman–Crippen LogP) is 3.22. The SMILES string of the molecule is CC1CCCCN1C(=O)COC(=O)CCc1ncc(-c2ccccc2)o1. The van der Waals surface area contributed by atoms with Gasteiger partial charge in [0.1, 0.15) is 0 Å². The number of likely N-dealkylation sites (tertiary alicyclic amines) is 1. The lowest BCUT2D eigenvalue weighted by Gasteiger charge is -2.33. The summed E-state index contributed by atoms with van der Waals surface area (Å²) in [4.78, 5) is 30.1. The second kappa shape index (κ2) is 8.65. The van der Waals surface area contributed by atoms with E-state index < -0.39 is 5.97 Å². The van der Waals surface area contributed by atoms with Crippen molar-refractivity contribution in [2.45, 2.75) is 45.1 Å². The molecule has 1 fully saturated rings. The van der Waals surface area contributed by atoms with E-state index in [-0.39, 0.29) is 25.0 Å². The van der Waals surface area contributed by atoms with E-state index in [0.717, 1.165) is 31.4 Å². The second-order valence-electron chi connectivity index (χ2n) is 6.58. The number of aryl methyl sites for hydroxylation is 1. The van der Waals surface area contributed by atoms with Crippen LogP contribution in [-0.4, -0.2) is 41.0 Å². The minimum Gasteiger partial charge on any atom is -0.456 e. The van der Waals surface area contributed by atoms with Gasteiger partial charge in [0.15, 0.2) is 18.3 Å². The number of aromatic nitrogens is 1. The summed E-state index contributed by atoms with van der Waals surface area (Å²) >= 11 is 0. The van der Waals surface area contributed by atoms with E-state index in [4.69, 9.17) is 9.15 Å². The number of benzene rings is 1. The topological polar surface area (TPSA) is 72.6 Å². The minimum atomic E-state index is -0.414. The fourth-order valence-electron chi connectivity index (χ4n) is 3.14. The molecule has 0 saturated carbocycles. The highest BCUT2D eigenvalue weighted by Gasteiger charge is 2.23. The van der Waals surface area contributed by atoms with Crippen LogP contribution < -0.4 is 0 Å². The van der Waals surface area contributed by atoms with Gasteiger partial charge < -0.3 is 14.1 Å². The summed E-state index contributed by atoms with van der Waals surface area (Å²) in [6.07, 6.45) is 5.30. The van der Waals surface area contributed by atoms with Crippen LogP contribution >= 0.6 is 0 Å². The molecule has 1 unspecified atom stereocenters. The van der Waals surface area contributed by atoms with E-state index >= 15 is 0 Å². The summed E-state index contributed by atoms with van der Waals surface area (Å²) in [6, 6.07) is 9.88. The number of rotatable bonds is 6. The summed E-state index contributed by atoms with van der Waals surface area (Å²) in [5.41, 5.74) is 0.940. The van der Waals surface area contributed by atoms with Gasteiger partial charge in [-0.2, -0.15) is 0 Å². The van der Waals surface area contributed by atoms with Gasteiger partial charge in [0.25, 0.3) is 5.91 Å². The molecule has 0 bridgehead atoms. The van der Waals surface area contributed by atoms with Crippen molar-refractivity contribution in [3.63, 3.8) is 0 Å². The molecule has 2 aromatic rings. The van der Waals surface area contributed by atoms with E-state index in [2.05, 4.69) is 4.98 Å². The number of piperidine rings is 1. The standard InChI is InChI=1S/C20H24N2O4/c1-15-7-5-6-12-22(15)19(23)14-25-20(24)11-10-18-21-13-17(26-18)16-8-3-2-4-9-16/h2-4,8-9,13,15H,5-7,10-12,14H2,1H3. The first-order chi connectivity index (χ1) is 12.6. The molecule has 138 valence electrons. The van der Waals surface area contributed by atoms with Crippen molar-refractivity contribution in [3.8, 4) is 11.3 Å². The number of carbonyl (C=O) groups is 2. The van der Waals surface area contributed by atoms with Gasteiger partial charge in [0.2, 0.25) is 0 Å². The molecule has 0 aliphatic carbocycles. The number of oxazole rings is 1. The van der Waals surface area contributed by atoms with Crippen LogP contribution in [-0.2, 0) is 20.7 Å². The molecule has 1 aromatic heterocycles. The third-order valence-electron chi connectivity index (χ3n) is 4.63. The number of ether oxygens (including phenoxy) is 1. The Morgan fingerprint density at radius 3 is 2.85 bits per heavy atom. The summed E-state index contributed by atoms with van der Waals surface area (Å²) in [5.74, 6) is 0.621. The monoisotopic (exact) mass is 356 g/mol. The molecule has 1 saturated heterocycles. The molecule has 0 radical (unpaired) electrons. The largest absolute Gasteiger partial charge is 0.456 e. The maximum Gasteiger partial charge on any atom is 0.306 e. The van der Waals surface area contributed by atoms with Crippen LogP contribution in [0, 0.1) is 0 Å². The van der Waals surface area contributed by atoms with Crippen molar-refractivity contribution in [1.29, 1.82) is 0 Å². The van der Waals surface area contributed by atoms with Crippen LogP contribution in [0.15, 0.2) is 40.9 Å². The molecular weight excluding hydrogens is 332 g/mol. The Kier molecular flexibility index (Phi) is 6.04. The van der Waals surface area contributed by atoms with Crippen molar-refractivity contribution in [1.82, 2.24) is 9.88 Å². The van der Waals surface area contributed by atoms with E-state index in [9.17, 15) is 9.59 Å². The van der Waals surface area contributed by atoms with E-state index in [1.54, 1.807) is 11.1 Å². The highest BCUT2D eigenvalue weighted by atomic mass is 16.5. The van der Waals surface area contributed by atoms with Gasteiger partial charge in [0.05, 0.1) is 12.6 Å². The maximum absolute atomic E-state index is 12.2. The second-order valence-corrected chi connectivity index (χ2v) is 6.58. The molecule has 0 N–H and O–H groups in total. The quantitative estimate of drug-likeness (QED) is 0.743. The van der Waals surface area contributed by atoms with Gasteiger partial charge in [0, 0.05) is 24.6 Å². The third-order valence-corrected chi connectivity index (χ3v) is 4.63. The molecule has 6 nitrogen and oxygen atoms in total. The molecule has 1 atom stereocenters. The lowest BCUT2D eigenvalue weighted by Crippen LogP contribution is -2.44. The average molecular weight is 356 g/mol. The van der Waals surface area contributed by atoms with Gasteiger partial charge in [-0.15, -0.1) is 0 Å². The Balaban J connectivity index is 1.43. The first-order valence-corrected chi connectivity index (χ1v) is 9.08. The summed E-state index contributed by atoms with van der Waals surface area (Å²) in [6.45, 7) is 2.59. The number of esters is 1. The van der Waals surface area contributed by atoms with E-state index in [0.29, 0.717) is 18.1 Å². The summed E-state index contributed by atoms with van der Waals surface area (Å²) < 4.78 is 10.8. The number of hydrogen-bond acceptors (Lipinski definition) is 5. The molecule has 1 amide bonds. The fraction of sp³-hybridized carbons (Fsp3) is 0.450. The zero-order valence-corrected chi connectivity index (χ0v) is 15.0. The lowest BCUT2D eigenvalue weighted by atomic mass is 10.0. The number of nitrogens with zero attached hydrogens (tertiary/aromatic N) is 2. The zero-order chi connectivity index (χ0) is 18.4. The van der Waals surface area contributed by atoms with Crippen LogP contribution in [0.5, 0.6) is 0 Å². The Labute approximate surface area is 153 Å². The molecule has 26 heavy (non-hydrogen) atoms. The Hall–Kier alpha value is -2.63. The Morgan fingerprint density at radius 1 is 1.27 bits per heavy atom. The van der Waals surface area contributed by atoms with Crippen LogP contribution in [0.1, 0.15) is 38.5 Å². The minimum absolute atomic E-state index is 0.118. The van der Waals surface area contributed by atoms with E-state index in [1.165, 1.54) is 0 Å². The van der Waals surface area contributed by atoms with Crippen LogP contribution in [0.3, 0.4) is 0 Å². The molecular formula is C20H24N2O4. The smallest absolute Gasteiger partial charge is 0.306 e. The van der Waals surface area contributed by atoms with Crippen LogP contribution in [0.25, 0.3) is 11.3 Å². The summed E-state index contributed by atoms with van der Waals surface area (Å²) in [5, 5.41) is 0. The molecule has 1 aliphatic heterocycles. The highest BCUT2D eigenvalue weighted by molar-refractivity contribution is 5.81. The van der Waals surface area contributed by atoms with Gasteiger partial charge in [-0.05, 0) is 26.2 Å². The molecule has 0 spiro atoms. The first kappa shape index (κ1) is 18.2. The average Bonchev–Trinajstić information content (AvgIpc) is 3.14. The first-order valence-electron chi connectivity index (χ1n) is 9.08. The molecule has 1 aliphatic rings. The van der Waals surface area contributed by atoms with Crippen molar-refractivity contribution < 1.29 is 18.7 Å². The maximum atomic E-state index is 12.2. The Bertz CT molecular complexity index is 741. The number of amides is 1. The zero-order valence-electron chi connectivity index (χ0n) is 15.0. The van der Waals surface area contributed by atoms with Crippen molar-refractivity contribution in [2.75, 3.05) is 13.2 Å². The predicted molar refractivity (Wildman–Crippen MR) is 96.2 cm³/mol. The lowest BCUT2D eigenvalue weighted by molar-refractivity contribution is -0.153. The van der Waals surface area contributed by atoms with Gasteiger partial charge in [-0.3, -0.25) is 9.59 Å². The molecule has 2 heterocycles. The highest BCUT2D eigenvalue weighted by Crippen LogP contribution is 2.20. The van der Waals surface area contributed by atoms with Crippen LogP contribution in [0.2, 0.25) is 0 Å². The van der Waals surface area contributed by atoms with Crippen molar-refractivity contribution in [2.24, 2.45) is 0 Å². The molecule has 6 heteroatoms. The third kappa shape index (κ3) is 4.71. The van der Waals surface area contributed by atoms with E-state index in [1.807, 2.05) is 37.3 Å². The summed E-state index contributed by atoms with van der Waals surface area (Å²) in [7, 11) is 0. The normalized spacial score (nSPS) is 17.1. The van der Waals surface area contributed by atoms with Gasteiger partial charge in [-0.1, -0.05) is 30.3 Å². The number of hydrogen-bond donors (Lipinski definition) is 0.